The van der Waals surface area contributed by atoms with Crippen LogP contribution in [0.5, 0.6) is 0 Å². The number of halogens is 3. The van der Waals surface area contributed by atoms with Crippen LogP contribution in [-0.4, -0.2) is 11.3 Å². The predicted molar refractivity (Wildman–Crippen MR) is 50.2 cm³/mol. The molecule has 15 heavy (non-hydrogen) atoms. The van der Waals surface area contributed by atoms with Crippen LogP contribution in [0.15, 0.2) is 16.5 Å². The van der Waals surface area contributed by atoms with E-state index in [-0.39, 0.29) is 18.2 Å². The maximum atomic E-state index is 11.9. The first-order valence-corrected chi connectivity index (χ1v) is 3.78. The molecule has 1 atom stereocenters. The molecule has 0 aliphatic carbocycles. The second kappa shape index (κ2) is 5.62. The van der Waals surface area contributed by atoms with Crippen LogP contribution in [0.4, 0.5) is 14.7 Å². The average Bonchev–Trinajstić information content (AvgIpc) is 2.50. The van der Waals surface area contributed by atoms with Gasteiger partial charge in [-0.25, -0.2) is 8.78 Å². The maximum absolute atomic E-state index is 11.9. The Labute approximate surface area is 89.8 Å². The third-order valence-corrected chi connectivity index (χ3v) is 1.59. The number of furan rings is 1. The molecule has 1 aromatic heterocycles. The molecule has 0 saturated heterocycles. The smallest absolute Gasteiger partial charge is 0.404 e. The van der Waals surface area contributed by atoms with E-state index in [4.69, 9.17) is 5.73 Å². The molecule has 0 saturated carbocycles. The van der Waals surface area contributed by atoms with Crippen molar-refractivity contribution in [3.8, 4) is 0 Å². The summed E-state index contributed by atoms with van der Waals surface area (Å²) in [6.45, 7) is 0. The molecule has 0 radical (unpaired) electrons. The van der Waals surface area contributed by atoms with Gasteiger partial charge in [0.2, 0.25) is 6.43 Å². The molecule has 0 fully saturated rings. The Balaban J connectivity index is 0.00000196. The lowest BCUT2D eigenvalue weighted by atomic mass is 10.2. The maximum Gasteiger partial charge on any atom is 0.433 e. The molecular formula is C7H9ClF2N2O3. The first-order chi connectivity index (χ1) is 6.50. The highest BCUT2D eigenvalue weighted by molar-refractivity contribution is 5.85. The fourth-order valence-electron chi connectivity index (χ4n) is 0.948. The molecule has 0 unspecified atom stereocenters. The number of nitrogens with two attached hydrogens (primary N) is 1. The summed E-state index contributed by atoms with van der Waals surface area (Å²) in [6.07, 6.45) is -3.14. The standard InChI is InChI=1S/C7H8F2N2O3.ClH/c8-6(9)3-4(10)5-1-2-7(14-5)11(12)13;/h1-2,4,6H,3,10H2;1H/t4-;/m0./s1. The fraction of sp³-hybridized carbons (Fsp3) is 0.429. The van der Waals surface area contributed by atoms with Crippen molar-refractivity contribution in [3.63, 3.8) is 0 Å². The van der Waals surface area contributed by atoms with E-state index >= 15 is 0 Å². The minimum Gasteiger partial charge on any atom is -0.404 e. The summed E-state index contributed by atoms with van der Waals surface area (Å²) < 4.78 is 28.4. The van der Waals surface area contributed by atoms with Crippen molar-refractivity contribution in [2.24, 2.45) is 5.73 Å². The number of nitro groups is 1. The summed E-state index contributed by atoms with van der Waals surface area (Å²) in [6, 6.07) is 1.30. The van der Waals surface area contributed by atoms with E-state index < -0.39 is 29.7 Å². The van der Waals surface area contributed by atoms with Crippen LogP contribution in [-0.2, 0) is 0 Å². The minimum atomic E-state index is -2.56. The summed E-state index contributed by atoms with van der Waals surface area (Å²) in [4.78, 5) is 9.43. The molecule has 0 aliphatic rings. The molecule has 2 N–H and O–H groups in total. The second-order valence-electron chi connectivity index (χ2n) is 2.67. The molecule has 5 nitrogen and oxygen atoms in total. The van der Waals surface area contributed by atoms with Crippen LogP contribution < -0.4 is 5.73 Å². The molecule has 0 bridgehead atoms. The zero-order valence-electron chi connectivity index (χ0n) is 7.43. The summed E-state index contributed by atoms with van der Waals surface area (Å²) in [5, 5.41) is 10.2. The van der Waals surface area contributed by atoms with E-state index in [0.717, 1.165) is 6.07 Å². The Kier molecular flexibility index (Phi) is 5.16. The quantitative estimate of drug-likeness (QED) is 0.648. The van der Waals surface area contributed by atoms with Crippen LogP contribution in [0.1, 0.15) is 18.2 Å². The Morgan fingerprint density at radius 3 is 2.53 bits per heavy atom. The zero-order valence-corrected chi connectivity index (χ0v) is 8.25. The van der Waals surface area contributed by atoms with Crippen LogP contribution in [0.3, 0.4) is 0 Å². The number of nitrogens with zero attached hydrogens (tertiary/aromatic N) is 1. The highest BCUT2D eigenvalue weighted by Crippen LogP contribution is 2.23. The van der Waals surface area contributed by atoms with E-state index in [1.54, 1.807) is 0 Å². The van der Waals surface area contributed by atoms with Crippen molar-refractivity contribution in [1.82, 2.24) is 0 Å². The van der Waals surface area contributed by atoms with Gasteiger partial charge in [-0.2, -0.15) is 0 Å². The highest BCUT2D eigenvalue weighted by Gasteiger charge is 2.19. The molecule has 0 spiro atoms. The molecule has 0 aliphatic heterocycles. The Morgan fingerprint density at radius 2 is 2.13 bits per heavy atom. The Bertz CT molecular complexity index is 332. The van der Waals surface area contributed by atoms with Gasteiger partial charge in [-0.05, 0) is 6.07 Å². The average molecular weight is 243 g/mol. The van der Waals surface area contributed by atoms with Gasteiger partial charge >= 0.3 is 5.88 Å². The van der Waals surface area contributed by atoms with E-state index in [1.807, 2.05) is 0 Å². The number of hydrogen-bond donors (Lipinski definition) is 1. The summed E-state index contributed by atoms with van der Waals surface area (Å²) in [5.74, 6) is -0.498. The van der Waals surface area contributed by atoms with Gasteiger partial charge in [0.25, 0.3) is 0 Å². The van der Waals surface area contributed by atoms with Crippen molar-refractivity contribution in [2.75, 3.05) is 0 Å². The molecule has 1 aromatic rings. The van der Waals surface area contributed by atoms with Crippen molar-refractivity contribution in [2.45, 2.75) is 18.9 Å². The van der Waals surface area contributed by atoms with Gasteiger partial charge in [0, 0.05) is 6.42 Å². The van der Waals surface area contributed by atoms with E-state index in [2.05, 4.69) is 4.42 Å². The second-order valence-corrected chi connectivity index (χ2v) is 2.67. The van der Waals surface area contributed by atoms with Gasteiger partial charge < -0.3 is 10.2 Å². The third-order valence-electron chi connectivity index (χ3n) is 1.59. The highest BCUT2D eigenvalue weighted by atomic mass is 35.5. The Hall–Kier alpha value is -1.21. The number of rotatable bonds is 4. The van der Waals surface area contributed by atoms with Crippen LogP contribution in [0.25, 0.3) is 0 Å². The molecule has 1 heterocycles. The minimum absolute atomic E-state index is 0. The van der Waals surface area contributed by atoms with Gasteiger partial charge in [-0.1, -0.05) is 0 Å². The number of hydrogen-bond acceptors (Lipinski definition) is 4. The van der Waals surface area contributed by atoms with Crippen molar-refractivity contribution in [1.29, 1.82) is 0 Å². The van der Waals surface area contributed by atoms with Gasteiger partial charge in [0.15, 0.2) is 0 Å². The first kappa shape index (κ1) is 13.8. The van der Waals surface area contributed by atoms with Gasteiger partial charge in [0.1, 0.15) is 10.7 Å². The molecular weight excluding hydrogens is 234 g/mol. The van der Waals surface area contributed by atoms with Gasteiger partial charge in [0.05, 0.1) is 12.1 Å². The van der Waals surface area contributed by atoms with Crippen molar-refractivity contribution >= 4 is 18.3 Å². The predicted octanol–water partition coefficient (Wildman–Crippen LogP) is 2.26. The fourth-order valence-corrected chi connectivity index (χ4v) is 0.948. The van der Waals surface area contributed by atoms with Crippen molar-refractivity contribution < 1.29 is 18.1 Å². The van der Waals surface area contributed by atoms with E-state index in [0.29, 0.717) is 0 Å². The topological polar surface area (TPSA) is 82.3 Å². The lowest BCUT2D eigenvalue weighted by molar-refractivity contribution is -0.402. The van der Waals surface area contributed by atoms with Crippen LogP contribution >= 0.6 is 12.4 Å². The third kappa shape index (κ3) is 3.80. The monoisotopic (exact) mass is 242 g/mol. The first-order valence-electron chi connectivity index (χ1n) is 3.78. The lowest BCUT2D eigenvalue weighted by Crippen LogP contribution is -2.12. The van der Waals surface area contributed by atoms with Gasteiger partial charge in [-0.15, -0.1) is 12.4 Å². The number of alkyl halides is 2. The SMILES string of the molecule is Cl.N[C@@H](CC(F)F)c1ccc([N+](=O)[O-])o1. The summed E-state index contributed by atoms with van der Waals surface area (Å²) in [7, 11) is 0. The summed E-state index contributed by atoms with van der Waals surface area (Å²) in [5.41, 5.74) is 5.31. The van der Waals surface area contributed by atoms with E-state index in [1.165, 1.54) is 6.07 Å². The van der Waals surface area contributed by atoms with Crippen LogP contribution in [0.2, 0.25) is 0 Å². The zero-order chi connectivity index (χ0) is 10.7. The van der Waals surface area contributed by atoms with Gasteiger partial charge in [-0.3, -0.25) is 10.1 Å². The Morgan fingerprint density at radius 1 is 1.53 bits per heavy atom. The normalized spacial score (nSPS) is 12.3. The summed E-state index contributed by atoms with van der Waals surface area (Å²) >= 11 is 0. The molecule has 8 heteroatoms. The van der Waals surface area contributed by atoms with E-state index in [9.17, 15) is 18.9 Å². The van der Waals surface area contributed by atoms with Crippen LogP contribution in [0, 0.1) is 10.1 Å². The molecule has 0 aromatic carbocycles. The van der Waals surface area contributed by atoms with Crippen molar-refractivity contribution in [3.05, 3.63) is 28.0 Å². The largest absolute Gasteiger partial charge is 0.433 e. The molecule has 86 valence electrons. The molecule has 0 amide bonds. The lowest BCUT2D eigenvalue weighted by Gasteiger charge is -2.05. The molecule has 1 rings (SSSR count).